The van der Waals surface area contributed by atoms with E-state index in [4.69, 9.17) is 9.47 Å². The molecule has 0 rings (SSSR count). The van der Waals surface area contributed by atoms with Gasteiger partial charge in [-0.2, -0.15) is 0 Å². The molecule has 0 fully saturated rings. The van der Waals surface area contributed by atoms with E-state index in [1.54, 1.807) is 0 Å². The van der Waals surface area contributed by atoms with Gasteiger partial charge in [0.1, 0.15) is 6.04 Å². The molecule has 1 unspecified atom stereocenters. The van der Waals surface area contributed by atoms with Crippen LogP contribution in [-0.2, 0) is 23.9 Å². The molecular weight excluding hydrogens is 372 g/mol. The number of carbonyl (C=O) groups is 3. The van der Waals surface area contributed by atoms with Crippen LogP contribution in [0.4, 0.5) is 0 Å². The number of nitrogens with one attached hydrogen (secondary N) is 1. The number of ether oxygens (including phenoxy) is 2. The minimum Gasteiger partial charge on any atom is -0.466 e. The predicted molar refractivity (Wildman–Crippen MR) is 114 cm³/mol. The van der Waals surface area contributed by atoms with Crippen molar-refractivity contribution in [1.82, 2.24) is 5.32 Å². The number of quaternary nitrogens is 1. The monoisotopic (exact) mass is 415 g/mol. The van der Waals surface area contributed by atoms with Crippen LogP contribution in [-0.4, -0.2) is 69.3 Å². The third-order valence-electron chi connectivity index (χ3n) is 4.38. The van der Waals surface area contributed by atoms with Gasteiger partial charge in [-0.1, -0.05) is 52.4 Å². The fourth-order valence-electron chi connectivity index (χ4n) is 2.77. The van der Waals surface area contributed by atoms with Gasteiger partial charge in [0, 0.05) is 6.42 Å². The van der Waals surface area contributed by atoms with Gasteiger partial charge in [-0.25, -0.2) is 4.79 Å². The Labute approximate surface area is 177 Å². The van der Waals surface area contributed by atoms with Gasteiger partial charge < -0.3 is 19.3 Å². The van der Waals surface area contributed by atoms with E-state index < -0.39 is 12.0 Å². The van der Waals surface area contributed by atoms with Crippen LogP contribution in [0.2, 0.25) is 0 Å². The van der Waals surface area contributed by atoms with Crippen molar-refractivity contribution in [3.05, 3.63) is 0 Å². The van der Waals surface area contributed by atoms with Crippen LogP contribution >= 0.6 is 0 Å². The molecule has 0 aromatic rings. The van der Waals surface area contributed by atoms with Crippen LogP contribution in [0, 0.1) is 0 Å². The Kier molecular flexibility index (Phi) is 15.3. The molecule has 0 saturated carbocycles. The van der Waals surface area contributed by atoms with E-state index in [2.05, 4.69) is 19.2 Å². The molecule has 1 N–H and O–H groups in total. The molecular formula is C22H43N2O5+. The Morgan fingerprint density at radius 1 is 0.828 bits per heavy atom. The van der Waals surface area contributed by atoms with Gasteiger partial charge in [0.2, 0.25) is 0 Å². The number of amides is 1. The minimum absolute atomic E-state index is 0.0774. The van der Waals surface area contributed by atoms with E-state index in [0.717, 1.165) is 51.4 Å². The number of esters is 2. The van der Waals surface area contributed by atoms with E-state index >= 15 is 0 Å². The van der Waals surface area contributed by atoms with Gasteiger partial charge in [0.25, 0.3) is 5.91 Å². The molecule has 0 saturated heterocycles. The van der Waals surface area contributed by atoms with Crippen LogP contribution in [0.15, 0.2) is 0 Å². The summed E-state index contributed by atoms with van der Waals surface area (Å²) in [6.45, 7) is 5.22. The van der Waals surface area contributed by atoms with Gasteiger partial charge in [-0.3, -0.25) is 9.59 Å². The fraction of sp³-hybridized carbons (Fsp3) is 0.864. The van der Waals surface area contributed by atoms with Crippen molar-refractivity contribution in [3.63, 3.8) is 0 Å². The lowest BCUT2D eigenvalue weighted by Crippen LogP contribution is -2.49. The first kappa shape index (κ1) is 27.4. The van der Waals surface area contributed by atoms with Crippen molar-refractivity contribution in [3.8, 4) is 0 Å². The van der Waals surface area contributed by atoms with Crippen molar-refractivity contribution < 1.29 is 28.3 Å². The van der Waals surface area contributed by atoms with Crippen LogP contribution in [0.1, 0.15) is 78.1 Å². The van der Waals surface area contributed by atoms with E-state index in [1.807, 2.05) is 21.1 Å². The zero-order chi connectivity index (χ0) is 22.1. The molecule has 170 valence electrons. The maximum Gasteiger partial charge on any atom is 0.328 e. The maximum absolute atomic E-state index is 12.4. The minimum atomic E-state index is -0.826. The molecule has 0 aliphatic heterocycles. The Morgan fingerprint density at radius 3 is 1.90 bits per heavy atom. The number of unbranched alkanes of at least 4 members (excludes halogenated alkanes) is 6. The first-order valence-electron chi connectivity index (χ1n) is 11.1. The second-order valence-electron chi connectivity index (χ2n) is 8.62. The lowest BCUT2D eigenvalue weighted by molar-refractivity contribution is -0.862. The quantitative estimate of drug-likeness (QED) is 0.224. The molecule has 7 nitrogen and oxygen atoms in total. The molecule has 7 heteroatoms. The molecule has 0 spiro atoms. The van der Waals surface area contributed by atoms with E-state index in [1.165, 1.54) is 0 Å². The van der Waals surface area contributed by atoms with Gasteiger partial charge in [-0.15, -0.1) is 0 Å². The van der Waals surface area contributed by atoms with Gasteiger partial charge >= 0.3 is 11.9 Å². The highest BCUT2D eigenvalue weighted by molar-refractivity contribution is 5.85. The summed E-state index contributed by atoms with van der Waals surface area (Å²) in [5, 5.41) is 2.73. The van der Waals surface area contributed by atoms with Crippen molar-refractivity contribution in [2.24, 2.45) is 0 Å². The molecule has 0 heterocycles. The number of hydrogen-bond acceptors (Lipinski definition) is 5. The zero-order valence-electron chi connectivity index (χ0n) is 19.3. The first-order chi connectivity index (χ1) is 13.7. The Bertz CT molecular complexity index is 474. The molecule has 0 bridgehead atoms. The summed E-state index contributed by atoms with van der Waals surface area (Å²) in [6, 6.07) is -0.826. The summed E-state index contributed by atoms with van der Waals surface area (Å²) in [4.78, 5) is 36.6. The van der Waals surface area contributed by atoms with Crippen molar-refractivity contribution in [2.45, 2.75) is 84.1 Å². The number of nitrogens with zero attached hydrogens (tertiary/aromatic N) is 1. The van der Waals surface area contributed by atoms with E-state index in [0.29, 0.717) is 17.7 Å². The summed E-state index contributed by atoms with van der Waals surface area (Å²) >= 11 is 0. The third-order valence-corrected chi connectivity index (χ3v) is 4.38. The topological polar surface area (TPSA) is 81.7 Å². The summed E-state index contributed by atoms with van der Waals surface area (Å²) in [5.74, 6) is -1.06. The Balaban J connectivity index is 4.51. The van der Waals surface area contributed by atoms with E-state index in [-0.39, 0.29) is 31.3 Å². The molecule has 0 radical (unpaired) electrons. The summed E-state index contributed by atoms with van der Waals surface area (Å²) < 4.78 is 11.0. The SMILES string of the molecule is CCCCCCOC(=O)CCC(NC(=O)C[N+](C)(C)C)C(=O)OCCCCCC. The maximum atomic E-state index is 12.4. The first-order valence-corrected chi connectivity index (χ1v) is 11.1. The lowest BCUT2D eigenvalue weighted by atomic mass is 10.1. The zero-order valence-corrected chi connectivity index (χ0v) is 19.3. The highest BCUT2D eigenvalue weighted by Gasteiger charge is 2.25. The van der Waals surface area contributed by atoms with Crippen molar-refractivity contribution >= 4 is 17.8 Å². The normalized spacial score (nSPS) is 12.3. The third kappa shape index (κ3) is 17.0. The molecule has 1 amide bonds. The Hall–Kier alpha value is -1.63. The van der Waals surface area contributed by atoms with Gasteiger partial charge in [-0.05, 0) is 19.3 Å². The molecule has 0 aliphatic carbocycles. The smallest absolute Gasteiger partial charge is 0.328 e. The number of likely N-dealkylation sites (N-methyl/N-ethyl adjacent to an activating group) is 1. The van der Waals surface area contributed by atoms with Crippen molar-refractivity contribution in [2.75, 3.05) is 40.9 Å². The second-order valence-corrected chi connectivity index (χ2v) is 8.62. The standard InChI is InChI=1S/C22H42N2O5/c1-6-8-10-12-16-28-21(26)15-14-19(23-20(25)18-24(3,4)5)22(27)29-17-13-11-9-7-2/h19H,6-18H2,1-5H3/p+1. The van der Waals surface area contributed by atoms with Gasteiger partial charge in [0.05, 0.1) is 34.4 Å². The average molecular weight is 416 g/mol. The number of rotatable bonds is 17. The Morgan fingerprint density at radius 2 is 1.38 bits per heavy atom. The predicted octanol–water partition coefficient (Wildman–Crippen LogP) is 3.20. The highest BCUT2D eigenvalue weighted by atomic mass is 16.5. The second kappa shape index (κ2) is 16.2. The number of carbonyl (C=O) groups excluding carboxylic acids is 3. The van der Waals surface area contributed by atoms with Gasteiger partial charge in [0.15, 0.2) is 6.54 Å². The molecule has 29 heavy (non-hydrogen) atoms. The average Bonchev–Trinajstić information content (AvgIpc) is 2.63. The molecule has 0 aliphatic rings. The van der Waals surface area contributed by atoms with Crippen LogP contribution in [0.3, 0.4) is 0 Å². The summed E-state index contributed by atoms with van der Waals surface area (Å²) in [7, 11) is 5.70. The van der Waals surface area contributed by atoms with E-state index in [9.17, 15) is 14.4 Å². The molecule has 0 aromatic heterocycles. The number of hydrogen-bond donors (Lipinski definition) is 1. The summed E-state index contributed by atoms with van der Waals surface area (Å²) in [5.41, 5.74) is 0. The molecule has 0 aromatic carbocycles. The van der Waals surface area contributed by atoms with Crippen LogP contribution in [0.25, 0.3) is 0 Å². The summed E-state index contributed by atoms with van der Waals surface area (Å²) in [6.07, 6.45) is 8.43. The largest absolute Gasteiger partial charge is 0.466 e. The fourth-order valence-corrected chi connectivity index (χ4v) is 2.77. The van der Waals surface area contributed by atoms with Crippen LogP contribution in [0.5, 0.6) is 0 Å². The van der Waals surface area contributed by atoms with Crippen molar-refractivity contribution in [1.29, 1.82) is 0 Å². The van der Waals surface area contributed by atoms with Crippen LogP contribution < -0.4 is 5.32 Å². The highest BCUT2D eigenvalue weighted by Crippen LogP contribution is 2.06. The molecule has 1 atom stereocenters. The lowest BCUT2D eigenvalue weighted by Gasteiger charge is -2.24.